The van der Waals surface area contributed by atoms with Crippen molar-refractivity contribution in [2.45, 2.75) is 110 Å². The number of ether oxygens (including phenoxy) is 4. The van der Waals surface area contributed by atoms with Crippen LogP contribution in [0.2, 0.25) is 0 Å². The summed E-state index contributed by atoms with van der Waals surface area (Å²) >= 11 is 0. The lowest BCUT2D eigenvalue weighted by Gasteiger charge is -2.21. The van der Waals surface area contributed by atoms with E-state index in [1.807, 2.05) is 6.92 Å². The third-order valence-corrected chi connectivity index (χ3v) is 7.50. The number of rotatable bonds is 28. The Bertz CT molecular complexity index is 991. The maximum Gasteiger partial charge on any atom is 0.472 e. The van der Waals surface area contributed by atoms with Crippen LogP contribution in [-0.4, -0.2) is 96.7 Å². The first kappa shape index (κ1) is 44.1. The van der Waals surface area contributed by atoms with Gasteiger partial charge < -0.3 is 33.8 Å². The van der Waals surface area contributed by atoms with Crippen molar-refractivity contribution in [2.75, 3.05) is 39.6 Å². The molecule has 0 aliphatic heterocycles. The van der Waals surface area contributed by atoms with Crippen molar-refractivity contribution in [3.05, 3.63) is 0 Å². The molecule has 0 radical (unpaired) electrons. The summed E-state index contributed by atoms with van der Waals surface area (Å²) in [6.45, 7) is 3.01. The van der Waals surface area contributed by atoms with Crippen LogP contribution in [0.3, 0.4) is 0 Å². The minimum absolute atomic E-state index is 0.0472. The molecule has 0 fully saturated rings. The van der Waals surface area contributed by atoms with Crippen LogP contribution in [0.25, 0.3) is 0 Å². The molecule has 0 bridgehead atoms. The lowest BCUT2D eigenvalue weighted by atomic mass is 10.2. The number of unbranched alkanes of at least 4 members (excludes halogenated alkanes) is 3. The average molecular weight is 709 g/mol. The number of hydrogen-bond acceptors (Lipinski definition) is 15. The third kappa shape index (κ3) is 24.3. The average Bonchev–Trinajstić information content (AvgIpc) is 3.00. The zero-order valence-corrected chi connectivity index (χ0v) is 28.8. The molecule has 0 aliphatic carbocycles. The second-order valence-electron chi connectivity index (χ2n) is 10.0. The van der Waals surface area contributed by atoms with Gasteiger partial charge in [0, 0.05) is 25.7 Å². The second kappa shape index (κ2) is 25.1. The fraction of sp³-hybridized carbons (Fsp3) is 0.852. The molecular formula is C27H50O17P2. The highest BCUT2D eigenvalue weighted by molar-refractivity contribution is 7.47. The van der Waals surface area contributed by atoms with E-state index in [0.717, 1.165) is 19.3 Å². The van der Waals surface area contributed by atoms with Crippen LogP contribution in [-0.2, 0) is 65.4 Å². The number of phosphoric acid groups is 2. The predicted molar refractivity (Wildman–Crippen MR) is 160 cm³/mol. The first-order chi connectivity index (χ1) is 21.7. The Morgan fingerprint density at radius 1 is 0.543 bits per heavy atom. The summed E-state index contributed by atoms with van der Waals surface area (Å²) in [7, 11) is -9.71. The van der Waals surface area contributed by atoms with Crippen LogP contribution >= 0.6 is 15.6 Å². The molecule has 0 heterocycles. The van der Waals surface area contributed by atoms with E-state index < -0.39 is 97.5 Å². The number of aliphatic hydroxyl groups excluding tert-OH is 1. The predicted octanol–water partition coefficient (Wildman–Crippen LogP) is 3.51. The van der Waals surface area contributed by atoms with E-state index in [1.165, 1.54) is 0 Å². The first-order valence-corrected chi connectivity index (χ1v) is 18.3. The van der Waals surface area contributed by atoms with Gasteiger partial charge in [-0.2, -0.15) is 0 Å². The summed E-state index contributed by atoms with van der Waals surface area (Å²) in [5.74, 6) is -2.42. The van der Waals surface area contributed by atoms with Gasteiger partial charge in [0.25, 0.3) is 0 Å². The van der Waals surface area contributed by atoms with Gasteiger partial charge in [-0.1, -0.05) is 47.0 Å². The van der Waals surface area contributed by atoms with Crippen molar-refractivity contribution in [3.63, 3.8) is 0 Å². The van der Waals surface area contributed by atoms with E-state index in [2.05, 4.69) is 9.05 Å². The van der Waals surface area contributed by atoms with E-state index >= 15 is 0 Å². The van der Waals surface area contributed by atoms with E-state index in [1.54, 1.807) is 20.8 Å². The van der Waals surface area contributed by atoms with Crippen LogP contribution in [0.1, 0.15) is 91.9 Å². The van der Waals surface area contributed by atoms with Gasteiger partial charge in [-0.25, -0.2) is 9.13 Å². The summed E-state index contributed by atoms with van der Waals surface area (Å²) in [4.78, 5) is 67.1. The number of carbonyl (C=O) groups excluding carboxylic acids is 4. The van der Waals surface area contributed by atoms with Gasteiger partial charge in [-0.05, 0) is 19.3 Å². The zero-order valence-electron chi connectivity index (χ0n) is 27.0. The maximum atomic E-state index is 12.3. The summed E-state index contributed by atoms with van der Waals surface area (Å²) in [5, 5.41) is 10.0. The van der Waals surface area contributed by atoms with Crippen LogP contribution in [0.4, 0.5) is 0 Å². The largest absolute Gasteiger partial charge is 0.472 e. The van der Waals surface area contributed by atoms with Crippen LogP contribution in [0, 0.1) is 0 Å². The highest BCUT2D eigenvalue weighted by Gasteiger charge is 2.30. The van der Waals surface area contributed by atoms with E-state index in [0.29, 0.717) is 19.3 Å². The molecule has 0 aromatic carbocycles. The number of phosphoric ester groups is 2. The highest BCUT2D eigenvalue weighted by Crippen LogP contribution is 2.45. The van der Waals surface area contributed by atoms with Gasteiger partial charge in [0.15, 0.2) is 12.2 Å². The fourth-order valence-corrected chi connectivity index (χ4v) is 4.79. The smallest absolute Gasteiger partial charge is 0.462 e. The molecule has 19 heteroatoms. The SMILES string of the molecule is CCCCCCC(=O)OC[C@H](COP(=O)(O)OC[C@H](O)COP(=O)(O)OC[C@@H](COC(=O)CC)OC(=O)CCC)OC(=O)CCC. The highest BCUT2D eigenvalue weighted by atomic mass is 31.2. The topological polar surface area (TPSA) is 237 Å². The van der Waals surface area contributed by atoms with Gasteiger partial charge in [-0.3, -0.25) is 37.3 Å². The van der Waals surface area contributed by atoms with Crippen molar-refractivity contribution in [1.82, 2.24) is 0 Å². The van der Waals surface area contributed by atoms with E-state index in [4.69, 9.17) is 28.0 Å². The normalized spacial score (nSPS) is 15.9. The molecule has 0 amide bonds. The Hall–Kier alpha value is -1.94. The molecule has 270 valence electrons. The molecular weight excluding hydrogens is 658 g/mol. The van der Waals surface area contributed by atoms with Gasteiger partial charge in [0.05, 0.1) is 26.4 Å². The van der Waals surface area contributed by atoms with Crippen LogP contribution in [0.5, 0.6) is 0 Å². The summed E-state index contributed by atoms with van der Waals surface area (Å²) < 4.78 is 63.8. The Morgan fingerprint density at radius 3 is 1.39 bits per heavy atom. The van der Waals surface area contributed by atoms with Gasteiger partial charge in [0.2, 0.25) is 0 Å². The zero-order chi connectivity index (χ0) is 35.0. The molecule has 0 aromatic heterocycles. The molecule has 5 atom stereocenters. The second-order valence-corrected chi connectivity index (χ2v) is 12.9. The number of carbonyl (C=O) groups is 4. The standard InChI is InChI=1S/C27H50O17P2/c1-5-9-10-11-14-25(30)38-18-23(44-27(32)13-7-3)20-42-46(35,36)40-16-21(28)15-39-45(33,34)41-19-22(17-37-24(29)8-4)43-26(31)12-6-2/h21-23,28H,5-20H2,1-4H3,(H,33,34)(H,35,36)/t21-,22-,23-/m1/s1. The quantitative estimate of drug-likeness (QED) is 0.0456. The molecule has 0 saturated carbocycles. The first-order valence-electron chi connectivity index (χ1n) is 15.3. The summed E-state index contributed by atoms with van der Waals surface area (Å²) in [6.07, 6.45) is 0.522. The van der Waals surface area contributed by atoms with Gasteiger partial charge in [-0.15, -0.1) is 0 Å². The molecule has 17 nitrogen and oxygen atoms in total. The Balaban J connectivity index is 4.84. The number of esters is 4. The van der Waals surface area contributed by atoms with E-state index in [-0.39, 0.29) is 25.7 Å². The Morgan fingerprint density at radius 2 is 0.978 bits per heavy atom. The van der Waals surface area contributed by atoms with Crippen molar-refractivity contribution < 1.29 is 80.2 Å². The monoisotopic (exact) mass is 708 g/mol. The number of hydrogen-bond donors (Lipinski definition) is 3. The Kier molecular flexibility index (Phi) is 24.1. The van der Waals surface area contributed by atoms with Crippen molar-refractivity contribution in [1.29, 1.82) is 0 Å². The van der Waals surface area contributed by atoms with Crippen molar-refractivity contribution >= 4 is 39.5 Å². The Labute approximate surface area is 269 Å². The molecule has 0 saturated heterocycles. The third-order valence-electron chi connectivity index (χ3n) is 5.60. The molecule has 0 aliphatic rings. The molecule has 46 heavy (non-hydrogen) atoms. The van der Waals surface area contributed by atoms with Crippen molar-refractivity contribution in [3.8, 4) is 0 Å². The molecule has 2 unspecified atom stereocenters. The molecule has 3 N–H and O–H groups in total. The van der Waals surface area contributed by atoms with Gasteiger partial charge >= 0.3 is 39.5 Å². The minimum Gasteiger partial charge on any atom is -0.462 e. The van der Waals surface area contributed by atoms with Crippen LogP contribution < -0.4 is 0 Å². The lowest BCUT2D eigenvalue weighted by molar-refractivity contribution is -0.161. The van der Waals surface area contributed by atoms with E-state index in [9.17, 15) is 43.2 Å². The number of aliphatic hydroxyl groups is 1. The minimum atomic E-state index is -4.86. The summed E-state index contributed by atoms with van der Waals surface area (Å²) in [5.41, 5.74) is 0. The fourth-order valence-electron chi connectivity index (χ4n) is 3.21. The molecule has 0 rings (SSSR count). The van der Waals surface area contributed by atoms with Crippen molar-refractivity contribution in [2.24, 2.45) is 0 Å². The maximum absolute atomic E-state index is 12.3. The van der Waals surface area contributed by atoms with Crippen LogP contribution in [0.15, 0.2) is 0 Å². The summed E-state index contributed by atoms with van der Waals surface area (Å²) in [6, 6.07) is 0. The lowest BCUT2D eigenvalue weighted by Crippen LogP contribution is -2.30. The molecule has 0 aromatic rings. The molecule has 0 spiro atoms. The van der Waals surface area contributed by atoms with Gasteiger partial charge in [0.1, 0.15) is 19.3 Å².